The summed E-state index contributed by atoms with van der Waals surface area (Å²) < 4.78 is 13.4. The minimum absolute atomic E-state index is 0.107. The van der Waals surface area contributed by atoms with Crippen LogP contribution in [0.3, 0.4) is 0 Å². The second-order valence-electron chi connectivity index (χ2n) is 10.3. The molecular weight excluding hydrogens is 426 g/mol. The molecule has 7 nitrogen and oxygen atoms in total. The molecule has 4 rings (SSSR count). The zero-order valence-corrected chi connectivity index (χ0v) is 21.6. The van der Waals surface area contributed by atoms with E-state index in [1.54, 1.807) is 0 Å². The first-order valence-corrected chi connectivity index (χ1v) is 12.5. The summed E-state index contributed by atoms with van der Waals surface area (Å²) in [6.45, 7) is 14.8. The van der Waals surface area contributed by atoms with Crippen LogP contribution < -0.4 is 4.90 Å². The molecule has 1 aromatic carbocycles. The largest absolute Gasteiger partial charge is 0.379 e. The average Bonchev–Trinajstić information content (AvgIpc) is 3.19. The molecule has 0 spiro atoms. The standard InChI is InChI=1S/C27H39N5O2/c1-7-33-14-15-34-22-10-12-32(13-11-22)26-29-23(24-25(30-26)28-18-31(24)6)17-20-16-21(27(3,4)5)9-8-19(20)2/h8-9,16,18,22H,7,10-15,17H2,1-6H3. The summed E-state index contributed by atoms with van der Waals surface area (Å²) in [6, 6.07) is 6.81. The van der Waals surface area contributed by atoms with Crippen molar-refractivity contribution in [2.24, 2.45) is 7.05 Å². The monoisotopic (exact) mass is 465 g/mol. The van der Waals surface area contributed by atoms with Crippen molar-refractivity contribution in [1.29, 1.82) is 0 Å². The number of anilines is 1. The zero-order valence-electron chi connectivity index (χ0n) is 21.6. The van der Waals surface area contributed by atoms with Crippen molar-refractivity contribution in [3.63, 3.8) is 0 Å². The van der Waals surface area contributed by atoms with Crippen LogP contribution in [-0.2, 0) is 28.4 Å². The molecule has 3 aromatic rings. The molecule has 1 saturated heterocycles. The molecule has 0 radical (unpaired) electrons. The van der Waals surface area contributed by atoms with Crippen molar-refractivity contribution in [3.05, 3.63) is 46.9 Å². The normalized spacial score (nSPS) is 15.4. The Hall–Kier alpha value is -2.51. The van der Waals surface area contributed by atoms with Gasteiger partial charge in [-0.25, -0.2) is 9.97 Å². The number of rotatable bonds is 8. The highest BCUT2D eigenvalue weighted by molar-refractivity contribution is 5.75. The number of fused-ring (bicyclic) bond motifs is 1. The molecule has 7 heteroatoms. The molecule has 1 aliphatic rings. The van der Waals surface area contributed by atoms with Gasteiger partial charge in [-0.2, -0.15) is 4.98 Å². The average molecular weight is 466 g/mol. The lowest BCUT2D eigenvalue weighted by Gasteiger charge is -2.32. The smallest absolute Gasteiger partial charge is 0.227 e. The van der Waals surface area contributed by atoms with Gasteiger partial charge in [0, 0.05) is 33.2 Å². The van der Waals surface area contributed by atoms with E-state index in [1.807, 2.05) is 24.9 Å². The van der Waals surface area contributed by atoms with Crippen LogP contribution in [0.5, 0.6) is 0 Å². The van der Waals surface area contributed by atoms with E-state index in [2.05, 4.69) is 55.8 Å². The number of piperidine rings is 1. The minimum atomic E-state index is 0.107. The lowest BCUT2D eigenvalue weighted by Crippen LogP contribution is -2.38. The molecule has 184 valence electrons. The number of hydrogen-bond acceptors (Lipinski definition) is 6. The molecule has 34 heavy (non-hydrogen) atoms. The van der Waals surface area contributed by atoms with E-state index < -0.39 is 0 Å². The first-order valence-electron chi connectivity index (χ1n) is 12.5. The molecular formula is C27H39N5O2. The number of imidazole rings is 1. The summed E-state index contributed by atoms with van der Waals surface area (Å²) >= 11 is 0. The third-order valence-corrected chi connectivity index (χ3v) is 6.72. The van der Waals surface area contributed by atoms with E-state index in [-0.39, 0.29) is 11.5 Å². The molecule has 1 fully saturated rings. The molecule has 1 aliphatic heterocycles. The van der Waals surface area contributed by atoms with E-state index in [0.29, 0.717) is 13.2 Å². The Bertz CT molecular complexity index is 1110. The van der Waals surface area contributed by atoms with Crippen LogP contribution in [0.25, 0.3) is 11.2 Å². The van der Waals surface area contributed by atoms with Gasteiger partial charge >= 0.3 is 0 Å². The second-order valence-corrected chi connectivity index (χ2v) is 10.3. The maximum atomic E-state index is 5.99. The van der Waals surface area contributed by atoms with Gasteiger partial charge < -0.3 is 18.9 Å². The minimum Gasteiger partial charge on any atom is -0.379 e. The second kappa shape index (κ2) is 10.4. The maximum Gasteiger partial charge on any atom is 0.227 e. The van der Waals surface area contributed by atoms with Crippen LogP contribution >= 0.6 is 0 Å². The molecule has 2 aromatic heterocycles. The van der Waals surface area contributed by atoms with Crippen molar-refractivity contribution in [2.45, 2.75) is 65.4 Å². The number of aryl methyl sites for hydroxylation is 2. The van der Waals surface area contributed by atoms with Gasteiger partial charge in [0.2, 0.25) is 5.95 Å². The first-order chi connectivity index (χ1) is 16.3. The molecule has 0 atom stereocenters. The molecule has 0 N–H and O–H groups in total. The van der Waals surface area contributed by atoms with Gasteiger partial charge in [-0.1, -0.05) is 39.0 Å². The Balaban J connectivity index is 1.56. The van der Waals surface area contributed by atoms with Gasteiger partial charge in [-0.3, -0.25) is 0 Å². The van der Waals surface area contributed by atoms with Crippen molar-refractivity contribution in [1.82, 2.24) is 19.5 Å². The third-order valence-electron chi connectivity index (χ3n) is 6.72. The number of hydrogen-bond donors (Lipinski definition) is 0. The van der Waals surface area contributed by atoms with Gasteiger partial charge in [0.25, 0.3) is 0 Å². The van der Waals surface area contributed by atoms with E-state index in [0.717, 1.165) is 61.8 Å². The van der Waals surface area contributed by atoms with Crippen LogP contribution in [-0.4, -0.2) is 58.5 Å². The Labute approximate surface area is 203 Å². The maximum absolute atomic E-state index is 5.99. The number of nitrogens with zero attached hydrogens (tertiary/aromatic N) is 5. The molecule has 0 bridgehead atoms. The van der Waals surface area contributed by atoms with E-state index in [4.69, 9.17) is 19.4 Å². The van der Waals surface area contributed by atoms with Gasteiger partial charge in [-0.15, -0.1) is 0 Å². The fourth-order valence-electron chi connectivity index (χ4n) is 4.54. The van der Waals surface area contributed by atoms with E-state index in [9.17, 15) is 0 Å². The van der Waals surface area contributed by atoms with Crippen LogP contribution in [0.15, 0.2) is 24.5 Å². The van der Waals surface area contributed by atoms with E-state index in [1.165, 1.54) is 16.7 Å². The number of ether oxygens (including phenoxy) is 2. The van der Waals surface area contributed by atoms with Crippen LogP contribution in [0.1, 0.15) is 62.9 Å². The highest BCUT2D eigenvalue weighted by Gasteiger charge is 2.24. The molecule has 0 unspecified atom stereocenters. The first kappa shape index (κ1) is 24.6. The Kier molecular flexibility index (Phi) is 7.53. The fraction of sp³-hybridized carbons (Fsp3) is 0.593. The van der Waals surface area contributed by atoms with Crippen LogP contribution in [0.2, 0.25) is 0 Å². The quantitative estimate of drug-likeness (QED) is 0.454. The summed E-state index contributed by atoms with van der Waals surface area (Å²) in [5, 5.41) is 0. The highest BCUT2D eigenvalue weighted by atomic mass is 16.5. The summed E-state index contributed by atoms with van der Waals surface area (Å²) in [6.07, 6.45) is 4.81. The highest BCUT2D eigenvalue weighted by Crippen LogP contribution is 2.28. The lowest BCUT2D eigenvalue weighted by atomic mass is 9.84. The summed E-state index contributed by atoms with van der Waals surface area (Å²) in [5.74, 6) is 0.776. The van der Waals surface area contributed by atoms with Crippen molar-refractivity contribution in [2.75, 3.05) is 37.8 Å². The van der Waals surface area contributed by atoms with Crippen molar-refractivity contribution >= 4 is 17.1 Å². The molecule has 0 aliphatic carbocycles. The lowest BCUT2D eigenvalue weighted by molar-refractivity contribution is -0.00240. The van der Waals surface area contributed by atoms with Gasteiger partial charge in [0.15, 0.2) is 5.65 Å². The molecule has 0 amide bonds. The SMILES string of the molecule is CCOCCOC1CCN(c2nc(Cc3cc(C(C)(C)C)ccc3C)c3c(ncn3C)n2)CC1. The fourth-order valence-corrected chi connectivity index (χ4v) is 4.54. The summed E-state index contributed by atoms with van der Waals surface area (Å²) in [4.78, 5) is 16.8. The van der Waals surface area contributed by atoms with Crippen LogP contribution in [0.4, 0.5) is 5.95 Å². The summed E-state index contributed by atoms with van der Waals surface area (Å²) in [5.41, 5.74) is 6.85. The Morgan fingerprint density at radius 2 is 1.85 bits per heavy atom. The topological polar surface area (TPSA) is 65.3 Å². The predicted molar refractivity (Wildman–Crippen MR) is 137 cm³/mol. The van der Waals surface area contributed by atoms with E-state index >= 15 is 0 Å². The Morgan fingerprint density at radius 1 is 1.09 bits per heavy atom. The summed E-state index contributed by atoms with van der Waals surface area (Å²) in [7, 11) is 2.02. The molecule has 3 heterocycles. The zero-order chi connectivity index (χ0) is 24.3. The number of aromatic nitrogens is 4. The van der Waals surface area contributed by atoms with Gasteiger partial charge in [0.05, 0.1) is 31.3 Å². The van der Waals surface area contributed by atoms with Crippen molar-refractivity contribution < 1.29 is 9.47 Å². The van der Waals surface area contributed by atoms with Gasteiger partial charge in [0.1, 0.15) is 5.52 Å². The predicted octanol–water partition coefficient (Wildman–Crippen LogP) is 4.58. The number of benzene rings is 1. The molecule has 0 saturated carbocycles. The van der Waals surface area contributed by atoms with Crippen molar-refractivity contribution in [3.8, 4) is 0 Å². The van der Waals surface area contributed by atoms with Crippen LogP contribution in [0, 0.1) is 6.92 Å². The third kappa shape index (κ3) is 5.58. The Morgan fingerprint density at radius 3 is 2.56 bits per heavy atom. The van der Waals surface area contributed by atoms with Gasteiger partial charge in [-0.05, 0) is 48.8 Å².